The smallest absolute Gasteiger partial charge is 0.166 e. The molecule has 144 valence electrons. The monoisotopic (exact) mass is 381 g/mol. The molecule has 2 atom stereocenters. The average Bonchev–Trinajstić information content (AvgIpc) is 3.25. The van der Waals surface area contributed by atoms with E-state index in [9.17, 15) is 5.76 Å². The normalized spacial score (nSPS) is 28.2. The van der Waals surface area contributed by atoms with Gasteiger partial charge in [0.2, 0.25) is 0 Å². The molecule has 0 radical (unpaired) electrons. The molecule has 6 nitrogen and oxygen atoms in total. The van der Waals surface area contributed by atoms with Crippen molar-refractivity contribution in [3.8, 4) is 0 Å². The Morgan fingerprint density at radius 3 is 3.21 bits per heavy atom. The summed E-state index contributed by atoms with van der Waals surface area (Å²) in [7, 11) is 0. The Morgan fingerprint density at radius 1 is 1.43 bits per heavy atom. The number of anilines is 1. The van der Waals surface area contributed by atoms with Gasteiger partial charge in [0, 0.05) is 32.9 Å². The molecule has 1 saturated heterocycles. The highest BCUT2D eigenvalue weighted by Gasteiger charge is 2.30. The zero-order chi connectivity index (χ0) is 22.0. The maximum Gasteiger partial charge on any atom is 0.166 e. The second-order valence-electron chi connectivity index (χ2n) is 7.25. The Labute approximate surface area is 167 Å². The Balaban J connectivity index is 1.78. The van der Waals surface area contributed by atoms with Gasteiger partial charge in [0.15, 0.2) is 5.65 Å². The van der Waals surface area contributed by atoms with Crippen LogP contribution in [0.2, 0.25) is 0 Å². The molecule has 1 N–H and O–H groups in total. The molecule has 0 saturated carbocycles. The lowest BCUT2D eigenvalue weighted by molar-refractivity contribution is 0.575. The van der Waals surface area contributed by atoms with Crippen molar-refractivity contribution >= 4 is 17.2 Å². The van der Waals surface area contributed by atoms with Crippen LogP contribution < -0.4 is 10.2 Å². The summed E-state index contributed by atoms with van der Waals surface area (Å²) in [5.41, 5.74) is 2.76. The number of halogens is 1. The van der Waals surface area contributed by atoms with Crippen molar-refractivity contribution in [1.82, 2.24) is 24.9 Å². The molecule has 7 heteroatoms. The number of nitrogens with zero attached hydrogens (tertiary/aromatic N) is 5. The topological polar surface area (TPSA) is 58.4 Å². The molecule has 0 aliphatic carbocycles. The third kappa shape index (κ3) is 2.82. The second kappa shape index (κ2) is 6.58. The van der Waals surface area contributed by atoms with Crippen LogP contribution in [-0.2, 0) is 6.42 Å². The zero-order valence-electron chi connectivity index (χ0n) is 18.6. The summed E-state index contributed by atoms with van der Waals surface area (Å²) in [4.78, 5) is 10.6. The van der Waals surface area contributed by atoms with Crippen molar-refractivity contribution in [2.24, 2.45) is 0 Å². The minimum absolute atomic E-state index is 0.0178. The SMILES string of the molecule is [2H]C1([2H])CCN2c3ccn4ncc(c4n3)C(=C)N[C@H](C)CCc3ncc(F)cc3[C@]21[2H]. The molecule has 2 aliphatic heterocycles. The molecular formula is C21H23FN6. The molecular weight excluding hydrogens is 355 g/mol. The quantitative estimate of drug-likeness (QED) is 0.646. The van der Waals surface area contributed by atoms with Crippen LogP contribution in [0.4, 0.5) is 10.2 Å². The fourth-order valence-corrected chi connectivity index (χ4v) is 3.86. The third-order valence-electron chi connectivity index (χ3n) is 5.28. The Hall–Kier alpha value is -2.96. The highest BCUT2D eigenvalue weighted by Crippen LogP contribution is 2.37. The van der Waals surface area contributed by atoms with Crippen molar-refractivity contribution in [2.75, 3.05) is 11.4 Å². The molecule has 3 aromatic rings. The lowest BCUT2D eigenvalue weighted by Gasteiger charge is -2.27. The highest BCUT2D eigenvalue weighted by atomic mass is 19.1. The van der Waals surface area contributed by atoms with Crippen LogP contribution in [0.3, 0.4) is 0 Å². The summed E-state index contributed by atoms with van der Waals surface area (Å²) in [6.07, 6.45) is 3.87. The summed E-state index contributed by atoms with van der Waals surface area (Å²) >= 11 is 0. The van der Waals surface area contributed by atoms with E-state index in [0.717, 1.165) is 11.8 Å². The van der Waals surface area contributed by atoms with Crippen molar-refractivity contribution in [3.63, 3.8) is 0 Å². The zero-order valence-corrected chi connectivity index (χ0v) is 15.6. The maximum absolute atomic E-state index is 14.3. The van der Waals surface area contributed by atoms with Gasteiger partial charge in [-0.2, -0.15) is 5.10 Å². The Morgan fingerprint density at radius 2 is 2.32 bits per heavy atom. The van der Waals surface area contributed by atoms with Gasteiger partial charge in [-0.15, -0.1) is 0 Å². The van der Waals surface area contributed by atoms with Gasteiger partial charge < -0.3 is 10.2 Å². The van der Waals surface area contributed by atoms with E-state index in [2.05, 4.69) is 22.0 Å². The first-order valence-electron chi connectivity index (χ1n) is 10.9. The van der Waals surface area contributed by atoms with E-state index in [1.54, 1.807) is 27.9 Å². The minimum Gasteiger partial charge on any atom is -0.382 e. The van der Waals surface area contributed by atoms with Crippen LogP contribution in [0.15, 0.2) is 37.3 Å². The molecule has 0 amide bonds. The molecule has 5 rings (SSSR count). The molecule has 2 aliphatic rings. The first-order valence-corrected chi connectivity index (χ1v) is 9.43. The molecule has 0 spiro atoms. The average molecular weight is 381 g/mol. The third-order valence-corrected chi connectivity index (χ3v) is 5.28. The van der Waals surface area contributed by atoms with E-state index in [1.807, 2.05) is 6.92 Å². The number of pyridine rings is 1. The van der Waals surface area contributed by atoms with Gasteiger partial charge >= 0.3 is 0 Å². The number of hydrogen-bond donors (Lipinski definition) is 1. The Bertz CT molecular complexity index is 1200. The fourth-order valence-electron chi connectivity index (χ4n) is 3.86. The van der Waals surface area contributed by atoms with Crippen LogP contribution in [0, 0.1) is 5.82 Å². The number of hydrogen-bond acceptors (Lipinski definition) is 5. The van der Waals surface area contributed by atoms with E-state index in [-0.39, 0.29) is 24.6 Å². The van der Waals surface area contributed by atoms with Crippen molar-refractivity contribution in [1.29, 1.82) is 0 Å². The van der Waals surface area contributed by atoms with E-state index in [4.69, 9.17) is 7.73 Å². The van der Waals surface area contributed by atoms with Crippen molar-refractivity contribution < 1.29 is 8.50 Å². The number of fused-ring (bicyclic) bond motifs is 5. The number of rotatable bonds is 0. The van der Waals surface area contributed by atoms with Gasteiger partial charge in [-0.25, -0.2) is 13.9 Å². The fraction of sp³-hybridized carbons (Fsp3) is 0.381. The van der Waals surface area contributed by atoms with Crippen LogP contribution in [0.5, 0.6) is 0 Å². The molecule has 5 heterocycles. The number of aromatic nitrogens is 4. The standard InChI is InChI=1S/C21H23FN6/c1-13-5-6-18-16(10-15(22)11-23-18)19-4-3-8-27(19)20-7-9-28-21(26-20)17(12-24-28)14(2)25-13/h7,9-13,19,25H,2-6,8H2,1H3/t13-,19-/m1/s1/i4D2,19D. The molecule has 0 aromatic carbocycles. The van der Waals surface area contributed by atoms with E-state index >= 15 is 0 Å². The minimum atomic E-state index is -1.93. The van der Waals surface area contributed by atoms with Gasteiger partial charge in [-0.1, -0.05) is 6.58 Å². The van der Waals surface area contributed by atoms with E-state index in [0.29, 0.717) is 35.7 Å². The van der Waals surface area contributed by atoms with Crippen LogP contribution in [0.1, 0.15) is 53.1 Å². The maximum atomic E-state index is 14.3. The first-order chi connectivity index (χ1) is 14.7. The predicted molar refractivity (Wildman–Crippen MR) is 106 cm³/mol. The molecule has 0 unspecified atom stereocenters. The summed E-state index contributed by atoms with van der Waals surface area (Å²) in [6, 6.07) is 1.11. The van der Waals surface area contributed by atoms with Gasteiger partial charge in [0.25, 0.3) is 0 Å². The molecule has 2 bridgehead atoms. The van der Waals surface area contributed by atoms with Crippen LogP contribution in [0.25, 0.3) is 11.3 Å². The van der Waals surface area contributed by atoms with Crippen molar-refractivity contribution in [2.45, 2.75) is 44.6 Å². The largest absolute Gasteiger partial charge is 0.382 e. The van der Waals surface area contributed by atoms with Gasteiger partial charge in [-0.05, 0) is 50.3 Å². The number of aryl methyl sites for hydroxylation is 1. The van der Waals surface area contributed by atoms with Gasteiger partial charge in [-0.3, -0.25) is 4.98 Å². The molecule has 1 fully saturated rings. The first kappa shape index (κ1) is 14.1. The summed E-state index contributed by atoms with van der Waals surface area (Å²) in [5, 5.41) is 7.71. The number of nitrogens with one attached hydrogen (secondary N) is 1. The second-order valence-corrected chi connectivity index (χ2v) is 7.25. The van der Waals surface area contributed by atoms with Gasteiger partial charge in [0.1, 0.15) is 11.6 Å². The molecule has 28 heavy (non-hydrogen) atoms. The Kier molecular flexibility index (Phi) is 3.31. The lowest BCUT2D eigenvalue weighted by Crippen LogP contribution is -2.26. The summed E-state index contributed by atoms with van der Waals surface area (Å²) in [6.45, 7) is 6.43. The lowest BCUT2D eigenvalue weighted by atomic mass is 9.98. The highest BCUT2D eigenvalue weighted by molar-refractivity contribution is 5.74. The summed E-state index contributed by atoms with van der Waals surface area (Å²) < 4.78 is 42.7. The van der Waals surface area contributed by atoms with Crippen LogP contribution >= 0.6 is 0 Å². The predicted octanol–water partition coefficient (Wildman–Crippen LogP) is 3.50. The van der Waals surface area contributed by atoms with Gasteiger partial charge in [0.05, 0.1) is 25.3 Å². The van der Waals surface area contributed by atoms with Crippen LogP contribution in [-0.4, -0.2) is 32.2 Å². The van der Waals surface area contributed by atoms with E-state index < -0.39 is 18.2 Å². The van der Waals surface area contributed by atoms with Crippen molar-refractivity contribution in [3.05, 3.63) is 59.9 Å². The summed E-state index contributed by atoms with van der Waals surface area (Å²) in [5.74, 6) is -0.153. The molecule has 3 aromatic heterocycles. The van der Waals surface area contributed by atoms with E-state index in [1.165, 1.54) is 6.07 Å².